The lowest BCUT2D eigenvalue weighted by Gasteiger charge is -2.14. The van der Waals surface area contributed by atoms with Crippen molar-refractivity contribution in [3.8, 4) is 21.6 Å². The molecule has 0 unspecified atom stereocenters. The number of carboxylic acid groups (broad SMARTS) is 1. The van der Waals surface area contributed by atoms with E-state index < -0.39 is 16.0 Å². The lowest BCUT2D eigenvalue weighted by atomic mass is 9.98. The number of hydrogen-bond donors (Lipinski definition) is 2. The molecule has 1 amide bonds. The third kappa shape index (κ3) is 3.76. The van der Waals surface area contributed by atoms with E-state index in [4.69, 9.17) is 5.14 Å². The molecule has 0 spiro atoms. The second-order valence-electron chi connectivity index (χ2n) is 7.40. The van der Waals surface area contributed by atoms with Crippen molar-refractivity contribution in [3.05, 3.63) is 58.5 Å². The Balaban J connectivity index is 1.82. The highest BCUT2D eigenvalue weighted by Crippen LogP contribution is 2.43. The van der Waals surface area contributed by atoms with Gasteiger partial charge in [0.25, 0.3) is 0 Å². The molecule has 3 aromatic rings. The minimum absolute atomic E-state index is 0.00260. The molecule has 0 saturated carbocycles. The van der Waals surface area contributed by atoms with E-state index >= 15 is 0 Å². The molecule has 9 heteroatoms. The van der Waals surface area contributed by atoms with Gasteiger partial charge in [0, 0.05) is 29.6 Å². The van der Waals surface area contributed by atoms with Gasteiger partial charge in [0.05, 0.1) is 4.90 Å². The van der Waals surface area contributed by atoms with Crippen LogP contribution in [0.4, 0.5) is 5.69 Å². The average molecular weight is 457 g/mol. The van der Waals surface area contributed by atoms with E-state index in [0.29, 0.717) is 17.7 Å². The lowest BCUT2D eigenvalue weighted by Crippen LogP contribution is -2.25. The number of rotatable bonds is 4. The summed E-state index contributed by atoms with van der Waals surface area (Å²) in [7, 11) is -3.83. The van der Waals surface area contributed by atoms with E-state index in [1.807, 2.05) is 25.1 Å². The Morgan fingerprint density at radius 1 is 1.10 bits per heavy atom. The molecule has 0 radical (unpaired) electrons. The van der Waals surface area contributed by atoms with E-state index in [1.165, 1.54) is 23.5 Å². The van der Waals surface area contributed by atoms with Crippen molar-refractivity contribution in [2.24, 2.45) is 5.14 Å². The molecule has 0 aliphatic carbocycles. The first-order valence-electron chi connectivity index (χ1n) is 9.49. The number of nitrogens with zero attached hydrogens (tertiary/aromatic N) is 1. The zero-order valence-electron chi connectivity index (χ0n) is 16.9. The molecule has 1 aliphatic heterocycles. The molecule has 4 rings (SSSR count). The van der Waals surface area contributed by atoms with Crippen LogP contribution in [0.1, 0.15) is 27.7 Å². The van der Waals surface area contributed by atoms with Crippen LogP contribution in [-0.4, -0.2) is 31.9 Å². The zero-order chi connectivity index (χ0) is 22.5. The van der Waals surface area contributed by atoms with Gasteiger partial charge in [-0.25, -0.2) is 18.4 Å². The Morgan fingerprint density at radius 2 is 1.74 bits per heavy atom. The summed E-state index contributed by atoms with van der Waals surface area (Å²) in [5.41, 5.74) is 4.79. The Labute approximate surface area is 183 Å². The molecule has 0 atom stereocenters. The first kappa shape index (κ1) is 21.2. The summed E-state index contributed by atoms with van der Waals surface area (Å²) < 4.78 is 23.1. The average Bonchev–Trinajstić information content (AvgIpc) is 3.28. The number of carbonyl (C=O) groups is 2. The van der Waals surface area contributed by atoms with E-state index in [9.17, 15) is 23.1 Å². The van der Waals surface area contributed by atoms with Crippen molar-refractivity contribution in [3.63, 3.8) is 0 Å². The van der Waals surface area contributed by atoms with Gasteiger partial charge >= 0.3 is 5.97 Å². The Bertz CT molecular complexity index is 1320. The molecule has 2 heterocycles. The number of benzene rings is 2. The topological polar surface area (TPSA) is 118 Å². The van der Waals surface area contributed by atoms with Crippen molar-refractivity contribution in [2.75, 3.05) is 11.4 Å². The molecule has 31 heavy (non-hydrogen) atoms. The van der Waals surface area contributed by atoms with Crippen LogP contribution in [0.2, 0.25) is 0 Å². The number of carbonyl (C=O) groups excluding carboxylic acids is 1. The normalized spacial score (nSPS) is 13.3. The number of primary sulfonamides is 1. The van der Waals surface area contributed by atoms with Crippen molar-refractivity contribution < 1.29 is 23.1 Å². The molecule has 1 aromatic heterocycles. The van der Waals surface area contributed by atoms with Gasteiger partial charge in [-0.05, 0) is 59.9 Å². The van der Waals surface area contributed by atoms with Crippen LogP contribution in [0.5, 0.6) is 0 Å². The van der Waals surface area contributed by atoms with Crippen LogP contribution in [0.3, 0.4) is 0 Å². The first-order valence-corrected chi connectivity index (χ1v) is 11.9. The van der Waals surface area contributed by atoms with Gasteiger partial charge in [-0.3, -0.25) is 4.79 Å². The molecule has 7 nitrogen and oxygen atoms in total. The largest absolute Gasteiger partial charge is 0.477 e. The second kappa shape index (κ2) is 7.60. The van der Waals surface area contributed by atoms with Crippen LogP contribution in [-0.2, 0) is 21.2 Å². The molecule has 0 saturated heterocycles. The van der Waals surface area contributed by atoms with Gasteiger partial charge in [-0.2, -0.15) is 0 Å². The van der Waals surface area contributed by atoms with E-state index in [-0.39, 0.29) is 15.7 Å². The van der Waals surface area contributed by atoms with Gasteiger partial charge in [0.15, 0.2) is 0 Å². The Hall–Kier alpha value is -3.01. The second-order valence-corrected chi connectivity index (χ2v) is 9.98. The quantitative estimate of drug-likeness (QED) is 0.621. The van der Waals surface area contributed by atoms with Crippen LogP contribution < -0.4 is 10.0 Å². The fourth-order valence-corrected chi connectivity index (χ4v) is 5.65. The van der Waals surface area contributed by atoms with Gasteiger partial charge < -0.3 is 10.0 Å². The number of aromatic carboxylic acids is 1. The number of hydrogen-bond acceptors (Lipinski definition) is 5. The monoisotopic (exact) mass is 456 g/mol. The highest BCUT2D eigenvalue weighted by Gasteiger charge is 2.25. The Morgan fingerprint density at radius 3 is 2.32 bits per heavy atom. The number of fused-ring (bicyclic) bond motifs is 1. The molecule has 3 N–H and O–H groups in total. The van der Waals surface area contributed by atoms with Crippen molar-refractivity contribution >= 4 is 38.9 Å². The highest BCUT2D eigenvalue weighted by molar-refractivity contribution is 7.89. The van der Waals surface area contributed by atoms with Crippen LogP contribution in [0, 0.1) is 6.92 Å². The van der Waals surface area contributed by atoms with Crippen molar-refractivity contribution in [1.29, 1.82) is 0 Å². The maximum absolute atomic E-state index is 12.0. The van der Waals surface area contributed by atoms with Gasteiger partial charge in [0.1, 0.15) is 4.88 Å². The number of amides is 1. The lowest BCUT2D eigenvalue weighted by molar-refractivity contribution is -0.116. The minimum Gasteiger partial charge on any atom is -0.477 e. The fraction of sp³-hybridized carbons (Fsp3) is 0.182. The maximum Gasteiger partial charge on any atom is 0.346 e. The fourth-order valence-electron chi connectivity index (χ4n) is 3.97. The van der Waals surface area contributed by atoms with Crippen LogP contribution in [0.15, 0.2) is 47.4 Å². The molecular formula is C22H20N2O5S2. The standard InChI is InChI=1S/C22H20N2O5S2/c1-12-19(14-3-6-17(7-4-14)31(23,28)29)21(22(26)27)30-20(12)16-5-8-18-15(11-16)9-10-24(18)13(2)25/h3-8,11H,9-10H2,1-2H3,(H,26,27)(H2,23,28,29). The number of thiophene rings is 1. The molecule has 0 bridgehead atoms. The van der Waals surface area contributed by atoms with E-state index in [2.05, 4.69) is 0 Å². The maximum atomic E-state index is 12.0. The van der Waals surface area contributed by atoms with Crippen molar-refractivity contribution in [2.45, 2.75) is 25.2 Å². The molecule has 1 aliphatic rings. The summed E-state index contributed by atoms with van der Waals surface area (Å²) in [6, 6.07) is 11.7. The summed E-state index contributed by atoms with van der Waals surface area (Å²) in [6.07, 6.45) is 0.751. The SMILES string of the molecule is CC(=O)N1CCc2cc(-c3sc(C(=O)O)c(-c4ccc(S(N)(=O)=O)cc4)c3C)ccc21. The summed E-state index contributed by atoms with van der Waals surface area (Å²) in [6.45, 7) is 4.04. The number of carboxylic acids is 1. The number of anilines is 1. The predicted molar refractivity (Wildman–Crippen MR) is 120 cm³/mol. The molecule has 160 valence electrons. The van der Waals surface area contributed by atoms with Crippen molar-refractivity contribution in [1.82, 2.24) is 0 Å². The third-order valence-corrected chi connectivity index (χ3v) is 7.69. The van der Waals surface area contributed by atoms with Gasteiger partial charge in [-0.1, -0.05) is 18.2 Å². The summed E-state index contributed by atoms with van der Waals surface area (Å²) in [5.74, 6) is -1.05. The van der Waals surface area contributed by atoms with Gasteiger partial charge in [0.2, 0.25) is 15.9 Å². The predicted octanol–water partition coefficient (Wildman–Crippen LogP) is 3.65. The highest BCUT2D eigenvalue weighted by atomic mass is 32.2. The summed E-state index contributed by atoms with van der Waals surface area (Å²) in [5, 5.41) is 15.0. The van der Waals surface area contributed by atoms with Gasteiger partial charge in [-0.15, -0.1) is 11.3 Å². The number of nitrogens with two attached hydrogens (primary N) is 1. The molecule has 2 aromatic carbocycles. The zero-order valence-corrected chi connectivity index (χ0v) is 18.5. The van der Waals surface area contributed by atoms with E-state index in [0.717, 1.165) is 33.7 Å². The smallest absolute Gasteiger partial charge is 0.346 e. The molecule has 0 fully saturated rings. The number of sulfonamides is 1. The van der Waals surface area contributed by atoms with E-state index in [1.54, 1.807) is 24.0 Å². The summed E-state index contributed by atoms with van der Waals surface area (Å²) in [4.78, 5) is 26.5. The summed E-state index contributed by atoms with van der Waals surface area (Å²) >= 11 is 1.18. The Kier molecular flexibility index (Phi) is 5.20. The molecular weight excluding hydrogens is 436 g/mol. The van der Waals surface area contributed by atoms with Crippen LogP contribution >= 0.6 is 11.3 Å². The van der Waals surface area contributed by atoms with Crippen LogP contribution in [0.25, 0.3) is 21.6 Å². The first-order chi connectivity index (χ1) is 14.6. The third-order valence-electron chi connectivity index (χ3n) is 5.43. The minimum atomic E-state index is -3.83.